The topological polar surface area (TPSA) is 0 Å². The summed E-state index contributed by atoms with van der Waals surface area (Å²) in [4.78, 5) is 0. The minimum atomic E-state index is 0. The summed E-state index contributed by atoms with van der Waals surface area (Å²) >= 11 is 0.543. The zero-order valence-corrected chi connectivity index (χ0v) is 8.95. The third-order valence-corrected chi connectivity index (χ3v) is 2.98. The average molecular weight is 195 g/mol. The van der Waals surface area contributed by atoms with Gasteiger partial charge in [-0.15, -0.1) is 0 Å². The first-order valence-corrected chi connectivity index (χ1v) is 5.53. The van der Waals surface area contributed by atoms with Gasteiger partial charge in [-0.2, -0.15) is 0 Å². The second-order valence-electron chi connectivity index (χ2n) is 2.50. The molecule has 0 spiro atoms. The molecule has 0 N–H and O–H groups in total. The van der Waals surface area contributed by atoms with Crippen molar-refractivity contribution in [3.05, 3.63) is 48.6 Å². The molecule has 0 atom stereocenters. The molecular formula is C10H12AlCl. The van der Waals surface area contributed by atoms with Crippen LogP contribution in [0, 0.1) is 0 Å². The smallest absolute Gasteiger partial charge is 1.00 e. The van der Waals surface area contributed by atoms with E-state index in [9.17, 15) is 0 Å². The molecule has 0 saturated heterocycles. The zero-order valence-electron chi connectivity index (χ0n) is 7.04. The molecule has 0 nitrogen and oxygen atoms in total. The van der Waals surface area contributed by atoms with Gasteiger partial charge < -0.3 is 12.4 Å². The van der Waals surface area contributed by atoms with Crippen LogP contribution in [-0.2, 0) is 5.28 Å². The van der Waals surface area contributed by atoms with Crippen LogP contribution in [0.4, 0.5) is 0 Å². The summed E-state index contributed by atoms with van der Waals surface area (Å²) in [7, 11) is 0. The Morgan fingerprint density at radius 2 is 1.92 bits per heavy atom. The molecule has 0 bridgehead atoms. The van der Waals surface area contributed by atoms with Crippen LogP contribution in [0.2, 0.25) is 5.28 Å². The number of allylic oxidation sites excluding steroid dienone is 1. The van der Waals surface area contributed by atoms with Gasteiger partial charge in [-0.3, -0.25) is 0 Å². The van der Waals surface area contributed by atoms with Crippen LogP contribution in [-0.4, -0.2) is 15.2 Å². The van der Waals surface area contributed by atoms with Gasteiger partial charge >= 0.3 is 74.3 Å². The van der Waals surface area contributed by atoms with Gasteiger partial charge in [-0.25, -0.2) is 0 Å². The van der Waals surface area contributed by atoms with E-state index < -0.39 is 0 Å². The second kappa shape index (κ2) is 7.43. The Morgan fingerprint density at radius 3 is 2.50 bits per heavy atom. The summed E-state index contributed by atoms with van der Waals surface area (Å²) < 4.78 is 0. The fourth-order valence-corrected chi connectivity index (χ4v) is 1.99. The number of rotatable bonds is 4. The maximum Gasteiger partial charge on any atom is -1.00 e. The van der Waals surface area contributed by atoms with E-state index in [-0.39, 0.29) is 12.4 Å². The number of hydrogen-bond acceptors (Lipinski definition) is 0. The third kappa shape index (κ3) is 4.62. The van der Waals surface area contributed by atoms with Crippen molar-refractivity contribution in [3.8, 4) is 0 Å². The minimum Gasteiger partial charge on any atom is -1.00 e. The van der Waals surface area contributed by atoms with Gasteiger partial charge in [0.1, 0.15) is 0 Å². The first-order valence-electron chi connectivity index (χ1n) is 3.90. The molecule has 0 aromatic heterocycles. The van der Waals surface area contributed by atoms with Crippen molar-refractivity contribution in [2.75, 3.05) is 0 Å². The van der Waals surface area contributed by atoms with Crippen molar-refractivity contribution < 1.29 is 12.4 Å². The Hall–Kier alpha value is -0.218. The van der Waals surface area contributed by atoms with E-state index in [2.05, 4.69) is 36.9 Å². The molecule has 1 rings (SSSR count). The average Bonchev–Trinajstić information content (AvgIpc) is 2.07. The molecule has 0 heterocycles. The molecule has 2 heteroatoms. The Kier molecular flexibility index (Phi) is 7.30. The van der Waals surface area contributed by atoms with Crippen LogP contribution < -0.4 is 12.4 Å². The SMILES string of the molecule is C=C[CH2][Al+][CH2]c1ccccc1.[Cl-]. The van der Waals surface area contributed by atoms with Crippen LogP contribution in [0.25, 0.3) is 0 Å². The molecule has 1 aromatic rings. The van der Waals surface area contributed by atoms with Gasteiger partial charge in [0.15, 0.2) is 0 Å². The quantitative estimate of drug-likeness (QED) is 0.345. The first-order chi connectivity index (χ1) is 5.43. The first kappa shape index (κ1) is 11.8. The standard InChI is InChI=1S/C7H7.C3H5.Al.ClH/c1-7-5-3-2-4-6-7;1-3-2;;/h2-6H,1H2;3H,1-2H2;;1H/q;;+1;/p-1. The Bertz CT molecular complexity index is 208. The summed E-state index contributed by atoms with van der Waals surface area (Å²) in [6, 6.07) is 10.6. The summed E-state index contributed by atoms with van der Waals surface area (Å²) in [5.41, 5.74) is 1.46. The van der Waals surface area contributed by atoms with Gasteiger partial charge in [0.2, 0.25) is 0 Å². The fourth-order valence-electron chi connectivity index (χ4n) is 0.982. The minimum absolute atomic E-state index is 0. The summed E-state index contributed by atoms with van der Waals surface area (Å²) in [5.74, 6) is 0. The molecule has 0 aliphatic rings. The van der Waals surface area contributed by atoms with Crippen molar-refractivity contribution in [1.82, 2.24) is 0 Å². The summed E-state index contributed by atoms with van der Waals surface area (Å²) in [6.07, 6.45) is 2.01. The predicted molar refractivity (Wildman–Crippen MR) is 50.9 cm³/mol. The Balaban J connectivity index is 0.00000121. The van der Waals surface area contributed by atoms with Crippen molar-refractivity contribution in [2.24, 2.45) is 0 Å². The third-order valence-electron chi connectivity index (χ3n) is 1.56. The van der Waals surface area contributed by atoms with Gasteiger partial charge in [-0.05, 0) is 0 Å². The van der Waals surface area contributed by atoms with Gasteiger partial charge in [-0.1, -0.05) is 0 Å². The summed E-state index contributed by atoms with van der Waals surface area (Å²) in [6.45, 7) is 3.71. The molecule has 0 fully saturated rings. The molecule has 0 amide bonds. The molecule has 0 aliphatic carbocycles. The molecule has 0 saturated carbocycles. The van der Waals surface area contributed by atoms with Crippen LogP contribution in [0.5, 0.6) is 0 Å². The van der Waals surface area contributed by atoms with Crippen molar-refractivity contribution >= 4 is 15.2 Å². The number of halogens is 1. The van der Waals surface area contributed by atoms with E-state index >= 15 is 0 Å². The van der Waals surface area contributed by atoms with Gasteiger partial charge in [0.25, 0.3) is 0 Å². The van der Waals surface area contributed by atoms with E-state index in [0.29, 0.717) is 15.2 Å². The van der Waals surface area contributed by atoms with Crippen molar-refractivity contribution in [2.45, 2.75) is 10.6 Å². The molecule has 1 aromatic carbocycles. The largest absolute Gasteiger partial charge is 1.00 e. The van der Waals surface area contributed by atoms with Crippen LogP contribution in [0.3, 0.4) is 0 Å². The Morgan fingerprint density at radius 1 is 1.25 bits per heavy atom. The van der Waals surface area contributed by atoms with E-state index in [1.807, 2.05) is 6.08 Å². The molecule has 0 radical (unpaired) electrons. The molecule has 0 aliphatic heterocycles. The van der Waals surface area contributed by atoms with Crippen LogP contribution >= 0.6 is 0 Å². The number of hydrogen-bond donors (Lipinski definition) is 0. The maximum atomic E-state index is 3.71. The van der Waals surface area contributed by atoms with Gasteiger partial charge in [0, 0.05) is 0 Å². The molecule has 62 valence electrons. The van der Waals surface area contributed by atoms with Crippen molar-refractivity contribution in [3.63, 3.8) is 0 Å². The van der Waals surface area contributed by atoms with Crippen LogP contribution in [0.1, 0.15) is 5.56 Å². The monoisotopic (exact) mass is 194 g/mol. The van der Waals surface area contributed by atoms with E-state index in [1.54, 1.807) is 0 Å². The van der Waals surface area contributed by atoms with E-state index in [1.165, 1.54) is 16.1 Å². The maximum absolute atomic E-state index is 3.71. The summed E-state index contributed by atoms with van der Waals surface area (Å²) in [5, 5.41) is 2.46. The zero-order chi connectivity index (χ0) is 7.94. The number of benzene rings is 1. The van der Waals surface area contributed by atoms with Crippen LogP contribution in [0.15, 0.2) is 43.0 Å². The molecule has 0 unspecified atom stereocenters. The predicted octanol–water partition coefficient (Wildman–Crippen LogP) is -0.501. The van der Waals surface area contributed by atoms with E-state index in [4.69, 9.17) is 0 Å². The van der Waals surface area contributed by atoms with Crippen molar-refractivity contribution in [1.29, 1.82) is 0 Å². The fraction of sp³-hybridized carbons (Fsp3) is 0.200. The molecular weight excluding hydrogens is 183 g/mol. The van der Waals surface area contributed by atoms with Gasteiger partial charge in [0.05, 0.1) is 0 Å². The normalized spacial score (nSPS) is 8.00. The molecule has 12 heavy (non-hydrogen) atoms. The Labute approximate surface area is 86.8 Å². The van der Waals surface area contributed by atoms with E-state index in [0.717, 1.165) is 0 Å². The second-order valence-corrected chi connectivity index (χ2v) is 3.96.